The zero-order valence-corrected chi connectivity index (χ0v) is 11.7. The quantitative estimate of drug-likeness (QED) is 0.777. The van der Waals surface area contributed by atoms with Crippen LogP contribution in [0.2, 0.25) is 0 Å². The van der Waals surface area contributed by atoms with Crippen molar-refractivity contribution in [2.24, 2.45) is 5.41 Å². The minimum absolute atomic E-state index is 0.103. The molecular weight excluding hydrogens is 253 g/mol. The van der Waals surface area contributed by atoms with Gasteiger partial charge in [-0.2, -0.15) is 13.2 Å². The van der Waals surface area contributed by atoms with Crippen molar-refractivity contribution in [1.29, 1.82) is 0 Å². The van der Waals surface area contributed by atoms with Crippen LogP contribution in [0.4, 0.5) is 13.2 Å². The first-order valence-electron chi connectivity index (χ1n) is 6.98. The second kappa shape index (κ2) is 5.44. The highest BCUT2D eigenvalue weighted by molar-refractivity contribution is 5.13. The summed E-state index contributed by atoms with van der Waals surface area (Å²) in [6.07, 6.45) is -0.159. The lowest BCUT2D eigenvalue weighted by Crippen LogP contribution is -2.43. The minimum Gasteiger partial charge on any atom is -0.313 e. The van der Waals surface area contributed by atoms with Gasteiger partial charge < -0.3 is 5.32 Å². The summed E-state index contributed by atoms with van der Waals surface area (Å²) in [5, 5.41) is 3.50. The van der Waals surface area contributed by atoms with E-state index in [1.165, 1.54) is 18.9 Å². The predicted molar refractivity (Wildman–Crippen MR) is 70.0 cm³/mol. The molecule has 0 spiro atoms. The Balaban J connectivity index is 1.79. The molecule has 2 aliphatic rings. The lowest BCUT2D eigenvalue weighted by molar-refractivity contribution is -0.0962. The van der Waals surface area contributed by atoms with Crippen LogP contribution < -0.4 is 5.32 Å². The van der Waals surface area contributed by atoms with Crippen molar-refractivity contribution in [1.82, 2.24) is 10.2 Å². The second-order valence-electron chi connectivity index (χ2n) is 6.53. The number of nitrogens with one attached hydrogen (secondary N) is 1. The van der Waals surface area contributed by atoms with Gasteiger partial charge in [0.05, 0.1) is 0 Å². The fraction of sp³-hybridized carbons (Fsp3) is 0.857. The van der Waals surface area contributed by atoms with Crippen LogP contribution in [0, 0.1) is 5.41 Å². The predicted octanol–water partition coefficient (Wildman–Crippen LogP) is 2.96. The van der Waals surface area contributed by atoms with E-state index in [9.17, 15) is 13.2 Å². The van der Waals surface area contributed by atoms with Crippen molar-refractivity contribution >= 4 is 0 Å². The molecule has 0 atom stereocenters. The van der Waals surface area contributed by atoms with Crippen LogP contribution in [-0.2, 0) is 0 Å². The van der Waals surface area contributed by atoms with Crippen molar-refractivity contribution < 1.29 is 13.2 Å². The summed E-state index contributed by atoms with van der Waals surface area (Å²) < 4.78 is 37.6. The third-order valence-electron chi connectivity index (χ3n) is 3.76. The molecule has 1 aliphatic carbocycles. The topological polar surface area (TPSA) is 15.3 Å². The molecule has 0 radical (unpaired) electrons. The lowest BCUT2D eigenvalue weighted by Gasteiger charge is -2.35. The van der Waals surface area contributed by atoms with Crippen LogP contribution in [0.1, 0.15) is 33.1 Å². The Morgan fingerprint density at radius 1 is 1.32 bits per heavy atom. The maximum Gasteiger partial charge on any atom is 0.412 e. The first-order chi connectivity index (χ1) is 8.76. The minimum atomic E-state index is -4.14. The lowest BCUT2D eigenvalue weighted by atomic mass is 9.91. The van der Waals surface area contributed by atoms with E-state index in [2.05, 4.69) is 24.1 Å². The fourth-order valence-electron chi connectivity index (χ4n) is 2.48. The monoisotopic (exact) mass is 276 g/mol. The van der Waals surface area contributed by atoms with Gasteiger partial charge in [0.1, 0.15) is 0 Å². The van der Waals surface area contributed by atoms with E-state index in [1.807, 2.05) is 0 Å². The van der Waals surface area contributed by atoms with Gasteiger partial charge in [0.25, 0.3) is 0 Å². The third-order valence-corrected chi connectivity index (χ3v) is 3.76. The van der Waals surface area contributed by atoms with Crippen molar-refractivity contribution in [3.63, 3.8) is 0 Å². The molecule has 110 valence electrons. The molecule has 1 fully saturated rings. The Bertz CT molecular complexity index is 343. The summed E-state index contributed by atoms with van der Waals surface area (Å²) in [5.74, 6) is 0. The second-order valence-corrected chi connectivity index (χ2v) is 6.53. The summed E-state index contributed by atoms with van der Waals surface area (Å²) in [4.78, 5) is 2.11. The first kappa shape index (κ1) is 14.9. The summed E-state index contributed by atoms with van der Waals surface area (Å²) in [6.45, 7) is 7.05. The van der Waals surface area contributed by atoms with Gasteiger partial charge in [-0.15, -0.1) is 0 Å². The highest BCUT2D eigenvalue weighted by Gasteiger charge is 2.35. The summed E-state index contributed by atoms with van der Waals surface area (Å²) in [7, 11) is 0. The average molecular weight is 276 g/mol. The van der Waals surface area contributed by atoms with Gasteiger partial charge >= 0.3 is 6.18 Å². The van der Waals surface area contributed by atoms with Gasteiger partial charge in [0.15, 0.2) is 0 Å². The normalized spacial score (nSPS) is 22.5. The zero-order valence-electron chi connectivity index (χ0n) is 11.7. The Morgan fingerprint density at radius 2 is 2.00 bits per heavy atom. The smallest absolute Gasteiger partial charge is 0.313 e. The molecule has 1 saturated carbocycles. The molecule has 1 N–H and O–H groups in total. The first-order valence-corrected chi connectivity index (χ1v) is 6.98. The molecule has 0 aromatic carbocycles. The largest absolute Gasteiger partial charge is 0.412 e. The molecule has 2 rings (SSSR count). The number of nitrogens with zero attached hydrogens (tertiary/aromatic N) is 1. The molecule has 0 unspecified atom stereocenters. The van der Waals surface area contributed by atoms with Crippen LogP contribution in [-0.4, -0.2) is 43.3 Å². The highest BCUT2D eigenvalue weighted by atomic mass is 19.4. The molecular formula is C14H23F3N2. The average Bonchev–Trinajstić information content (AvgIpc) is 3.09. The van der Waals surface area contributed by atoms with Gasteiger partial charge in [-0.05, 0) is 24.7 Å². The molecule has 19 heavy (non-hydrogen) atoms. The Kier molecular flexibility index (Phi) is 4.26. The van der Waals surface area contributed by atoms with Crippen LogP contribution in [0.3, 0.4) is 0 Å². The van der Waals surface area contributed by atoms with Crippen LogP contribution in [0.15, 0.2) is 11.6 Å². The van der Waals surface area contributed by atoms with E-state index in [-0.39, 0.29) is 17.4 Å². The standard InChI is InChI=1S/C14H23F3N2/c1-13(2,9-18-12-3-4-12)10-19-7-5-11(6-8-19)14(15,16)17/h5,12,18H,3-4,6-10H2,1-2H3. The number of hydrogen-bond acceptors (Lipinski definition) is 2. The van der Waals surface area contributed by atoms with E-state index in [4.69, 9.17) is 0 Å². The fourth-order valence-corrected chi connectivity index (χ4v) is 2.48. The summed E-state index contributed by atoms with van der Waals surface area (Å²) in [6, 6.07) is 0.678. The van der Waals surface area contributed by atoms with Crippen LogP contribution in [0.5, 0.6) is 0 Å². The Morgan fingerprint density at radius 3 is 2.47 bits per heavy atom. The van der Waals surface area contributed by atoms with Gasteiger partial charge in [0, 0.05) is 37.8 Å². The highest BCUT2D eigenvalue weighted by Crippen LogP contribution is 2.31. The van der Waals surface area contributed by atoms with E-state index < -0.39 is 6.18 Å². The molecule has 5 heteroatoms. The summed E-state index contributed by atoms with van der Waals surface area (Å²) in [5.41, 5.74) is -0.260. The van der Waals surface area contributed by atoms with Gasteiger partial charge in [0.2, 0.25) is 0 Å². The molecule has 1 heterocycles. The van der Waals surface area contributed by atoms with Crippen molar-refractivity contribution in [2.75, 3.05) is 26.2 Å². The Labute approximate surface area is 113 Å². The van der Waals surface area contributed by atoms with Gasteiger partial charge in [-0.3, -0.25) is 4.90 Å². The molecule has 0 aromatic heterocycles. The van der Waals surface area contributed by atoms with Crippen LogP contribution in [0.25, 0.3) is 0 Å². The van der Waals surface area contributed by atoms with Gasteiger partial charge in [-0.1, -0.05) is 19.9 Å². The number of hydrogen-bond donors (Lipinski definition) is 1. The van der Waals surface area contributed by atoms with Crippen molar-refractivity contribution in [3.05, 3.63) is 11.6 Å². The maximum absolute atomic E-state index is 12.5. The van der Waals surface area contributed by atoms with Crippen LogP contribution >= 0.6 is 0 Å². The third kappa shape index (κ3) is 4.80. The number of alkyl halides is 3. The number of rotatable bonds is 5. The van der Waals surface area contributed by atoms with E-state index in [0.29, 0.717) is 19.1 Å². The molecule has 0 saturated heterocycles. The number of halogens is 3. The van der Waals surface area contributed by atoms with Crippen molar-refractivity contribution in [3.8, 4) is 0 Å². The summed E-state index contributed by atoms with van der Waals surface area (Å²) >= 11 is 0. The van der Waals surface area contributed by atoms with Crippen molar-refractivity contribution in [2.45, 2.75) is 45.3 Å². The van der Waals surface area contributed by atoms with E-state index in [0.717, 1.165) is 13.1 Å². The van der Waals surface area contributed by atoms with E-state index >= 15 is 0 Å². The van der Waals surface area contributed by atoms with E-state index in [1.54, 1.807) is 0 Å². The molecule has 2 nitrogen and oxygen atoms in total. The molecule has 0 aromatic rings. The maximum atomic E-state index is 12.5. The molecule has 0 bridgehead atoms. The molecule has 1 aliphatic heterocycles. The SMILES string of the molecule is CC(C)(CNC1CC1)CN1CC=C(C(F)(F)F)CC1. The zero-order chi connectivity index (χ0) is 14.1. The Hall–Kier alpha value is -0.550. The molecule has 0 amide bonds. The van der Waals surface area contributed by atoms with Gasteiger partial charge in [-0.25, -0.2) is 0 Å².